The Morgan fingerprint density at radius 1 is 0.944 bits per heavy atom. The Morgan fingerprint density at radius 3 is 1.67 bits per heavy atom. The highest BCUT2D eigenvalue weighted by Crippen LogP contribution is 2.24. The molecule has 0 aromatic heterocycles. The Morgan fingerprint density at radius 2 is 1.33 bits per heavy atom. The number of hydrogen-bond acceptors (Lipinski definition) is 1. The van der Waals surface area contributed by atoms with Gasteiger partial charge in [-0.3, -0.25) is 4.79 Å². The highest BCUT2D eigenvalue weighted by molar-refractivity contribution is 5.78. The second-order valence-electron chi connectivity index (χ2n) is 3.69. The molecule has 2 nitrogen and oxygen atoms in total. The number of rotatable bonds is 2. The summed E-state index contributed by atoms with van der Waals surface area (Å²) in [4.78, 5) is 13.5. The zero-order chi connectivity index (χ0) is 15.0. The van der Waals surface area contributed by atoms with Gasteiger partial charge in [-0.05, 0) is 19.8 Å². The van der Waals surface area contributed by atoms with E-state index in [1.54, 1.807) is 0 Å². The minimum Gasteiger partial charge on any atom is -0.346 e. The van der Waals surface area contributed by atoms with Gasteiger partial charge in [0.1, 0.15) is 0 Å². The molecule has 0 bridgehead atoms. The van der Waals surface area contributed by atoms with Crippen LogP contribution < -0.4 is 0 Å². The molecule has 2 heteroatoms. The molecule has 0 aromatic carbocycles. The molecule has 1 aliphatic carbocycles. The van der Waals surface area contributed by atoms with E-state index in [-0.39, 0.29) is 0 Å². The van der Waals surface area contributed by atoms with E-state index in [0.717, 1.165) is 19.4 Å². The molecule has 1 aliphatic rings. The molecule has 0 aliphatic heterocycles. The van der Waals surface area contributed by atoms with Crippen LogP contribution in [0.25, 0.3) is 0 Å². The topological polar surface area (TPSA) is 20.3 Å². The highest BCUT2D eigenvalue weighted by atomic mass is 16.2. The zero-order valence-corrected chi connectivity index (χ0v) is 14.2. The van der Waals surface area contributed by atoms with Crippen LogP contribution in [0, 0.1) is 5.92 Å². The van der Waals surface area contributed by atoms with Crippen LogP contribution in [0.2, 0.25) is 0 Å². The van der Waals surface area contributed by atoms with Crippen LogP contribution in [0.3, 0.4) is 0 Å². The number of carbonyl (C=O) groups is 1. The van der Waals surface area contributed by atoms with E-state index in [2.05, 4.69) is 0 Å². The lowest BCUT2D eigenvalue weighted by Gasteiger charge is -2.25. The van der Waals surface area contributed by atoms with E-state index in [0.29, 0.717) is 11.8 Å². The van der Waals surface area contributed by atoms with Crippen LogP contribution >= 0.6 is 0 Å². The molecule has 0 radical (unpaired) electrons. The maximum Gasteiger partial charge on any atom is 0.225 e. The molecule has 1 saturated carbocycles. The summed E-state index contributed by atoms with van der Waals surface area (Å²) >= 11 is 0. The normalized spacial score (nSPS) is 13.8. The van der Waals surface area contributed by atoms with Crippen molar-refractivity contribution in [3.05, 3.63) is 0 Å². The highest BCUT2D eigenvalue weighted by Gasteiger charge is 2.22. The summed E-state index contributed by atoms with van der Waals surface area (Å²) in [5.74, 6) is 0.695. The van der Waals surface area contributed by atoms with E-state index in [9.17, 15) is 4.79 Å². The molecular weight excluding hydrogens is 222 g/mol. The first-order valence-electron chi connectivity index (χ1n) is 8.00. The Hall–Kier alpha value is -0.530. The van der Waals surface area contributed by atoms with E-state index < -0.39 is 0 Å². The van der Waals surface area contributed by atoms with Crippen molar-refractivity contribution in [1.82, 2.24) is 4.90 Å². The lowest BCUT2D eigenvalue weighted by Crippen LogP contribution is -2.33. The van der Waals surface area contributed by atoms with Gasteiger partial charge in [0.05, 0.1) is 0 Å². The molecule has 1 amide bonds. The second-order valence-corrected chi connectivity index (χ2v) is 3.69. The summed E-state index contributed by atoms with van der Waals surface area (Å²) in [5, 5.41) is 0. The predicted octanol–water partition coefficient (Wildman–Crippen LogP) is 5.12. The van der Waals surface area contributed by atoms with E-state index >= 15 is 0 Å². The van der Waals surface area contributed by atoms with Gasteiger partial charge in [-0.15, -0.1) is 0 Å². The lowest BCUT2D eigenvalue weighted by atomic mass is 9.88. The van der Waals surface area contributed by atoms with E-state index in [4.69, 9.17) is 0 Å². The maximum atomic E-state index is 11.7. The average molecular weight is 259 g/mol. The maximum absolute atomic E-state index is 11.7. The molecule has 0 saturated heterocycles. The number of carbonyl (C=O) groups excluding carboxylic acids is 1. The second kappa shape index (κ2) is 18.8. The summed E-state index contributed by atoms with van der Waals surface area (Å²) in [7, 11) is 1.90. The molecule has 0 atom stereocenters. The van der Waals surface area contributed by atoms with Crippen molar-refractivity contribution in [2.24, 2.45) is 5.92 Å². The smallest absolute Gasteiger partial charge is 0.225 e. The van der Waals surface area contributed by atoms with Crippen LogP contribution in [0.15, 0.2) is 0 Å². The predicted molar refractivity (Wildman–Crippen MR) is 83.9 cm³/mol. The fourth-order valence-electron chi connectivity index (χ4n) is 1.82. The molecule has 0 aromatic rings. The first-order valence-corrected chi connectivity index (χ1v) is 8.00. The molecule has 0 heterocycles. The Bertz CT molecular complexity index is 151. The summed E-state index contributed by atoms with van der Waals surface area (Å²) in [6.07, 6.45) is 6.04. The monoisotopic (exact) mass is 259 g/mol. The van der Waals surface area contributed by atoms with Gasteiger partial charge in [-0.2, -0.15) is 0 Å². The van der Waals surface area contributed by atoms with Gasteiger partial charge >= 0.3 is 0 Å². The van der Waals surface area contributed by atoms with Crippen molar-refractivity contribution in [2.45, 2.75) is 80.6 Å². The molecule has 0 N–H and O–H groups in total. The summed E-state index contributed by atoms with van der Waals surface area (Å²) in [6, 6.07) is 0. The Labute approximate surface area is 116 Å². The van der Waals surface area contributed by atoms with Gasteiger partial charge in [0.15, 0.2) is 0 Å². The van der Waals surface area contributed by atoms with Crippen LogP contribution in [-0.4, -0.2) is 24.4 Å². The van der Waals surface area contributed by atoms with Crippen molar-refractivity contribution in [2.75, 3.05) is 13.6 Å². The molecule has 1 fully saturated rings. The van der Waals surface area contributed by atoms with Crippen LogP contribution in [-0.2, 0) is 4.79 Å². The largest absolute Gasteiger partial charge is 0.346 e. The summed E-state index contributed by atoms with van der Waals surface area (Å²) in [6.45, 7) is 14.9. The molecule has 0 unspecified atom stereocenters. The van der Waals surface area contributed by atoms with Crippen molar-refractivity contribution in [3.8, 4) is 0 Å². The number of amides is 1. The van der Waals surface area contributed by atoms with Crippen molar-refractivity contribution in [1.29, 1.82) is 0 Å². The minimum atomic E-state index is 0.337. The third-order valence-corrected chi connectivity index (χ3v) is 2.80. The van der Waals surface area contributed by atoms with Gasteiger partial charge in [-0.25, -0.2) is 0 Å². The molecule has 112 valence electrons. The lowest BCUT2D eigenvalue weighted by molar-refractivity contribution is -0.134. The summed E-state index contributed by atoms with van der Waals surface area (Å²) < 4.78 is 0. The fourth-order valence-corrected chi connectivity index (χ4v) is 1.82. The quantitative estimate of drug-likeness (QED) is 0.673. The van der Waals surface area contributed by atoms with Crippen LogP contribution in [0.1, 0.15) is 80.6 Å². The molecule has 1 rings (SSSR count). The summed E-state index contributed by atoms with van der Waals surface area (Å²) in [5.41, 5.74) is 0. The van der Waals surface area contributed by atoms with Gasteiger partial charge in [0.2, 0.25) is 5.91 Å². The number of hydrogen-bond donors (Lipinski definition) is 0. The van der Waals surface area contributed by atoms with Gasteiger partial charge in [0, 0.05) is 19.5 Å². The fraction of sp³-hybridized carbons (Fsp3) is 0.938. The van der Waals surface area contributed by atoms with E-state index in [1.165, 1.54) is 19.3 Å². The Kier molecular flexibility index (Phi) is 23.7. The average Bonchev–Trinajstić information content (AvgIpc) is 2.52. The molecule has 0 spiro atoms. The number of nitrogens with zero attached hydrogens (tertiary/aromatic N) is 1. The van der Waals surface area contributed by atoms with Crippen molar-refractivity contribution >= 4 is 5.91 Å². The van der Waals surface area contributed by atoms with Crippen molar-refractivity contribution < 1.29 is 4.79 Å². The first-order chi connectivity index (χ1) is 8.75. The van der Waals surface area contributed by atoms with Crippen molar-refractivity contribution in [3.63, 3.8) is 0 Å². The standard InChI is InChI=1S/C10H19NO.3C2H6/c1-3-11(2)10(12)9-7-5-4-6-8-9;3*1-2/h9H,3-8H2,1-2H3;3*1-2H3. The minimum absolute atomic E-state index is 0.337. The third-order valence-electron chi connectivity index (χ3n) is 2.80. The van der Waals surface area contributed by atoms with Gasteiger partial charge in [0.25, 0.3) is 0 Å². The third kappa shape index (κ3) is 10.6. The van der Waals surface area contributed by atoms with E-state index in [1.807, 2.05) is 60.4 Å². The Balaban J connectivity index is -0.000000328. The molecule has 18 heavy (non-hydrogen) atoms. The zero-order valence-electron chi connectivity index (χ0n) is 14.2. The SMILES string of the molecule is CC.CC.CC.CCN(C)C(=O)C1CCCCC1. The van der Waals surface area contributed by atoms with Crippen LogP contribution in [0.4, 0.5) is 0 Å². The molecular formula is C16H37NO. The first kappa shape index (κ1) is 22.6. The van der Waals surface area contributed by atoms with Gasteiger partial charge in [-0.1, -0.05) is 60.8 Å². The van der Waals surface area contributed by atoms with Gasteiger partial charge < -0.3 is 4.90 Å². The van der Waals surface area contributed by atoms with Crippen LogP contribution in [0.5, 0.6) is 0 Å².